The van der Waals surface area contributed by atoms with Crippen LogP contribution in [0, 0.1) is 0 Å². The summed E-state index contributed by atoms with van der Waals surface area (Å²) in [7, 11) is 2.91. The van der Waals surface area contributed by atoms with Gasteiger partial charge in [0, 0.05) is 24.2 Å². The molecule has 4 rings (SSSR count). The summed E-state index contributed by atoms with van der Waals surface area (Å²) in [4.78, 5) is 37.7. The van der Waals surface area contributed by atoms with Crippen LogP contribution in [0.5, 0.6) is 11.5 Å². The predicted molar refractivity (Wildman–Crippen MR) is 129 cm³/mol. The number of oxazole rings is 1. The van der Waals surface area contributed by atoms with E-state index >= 15 is 0 Å². The van der Waals surface area contributed by atoms with Gasteiger partial charge in [-0.3, -0.25) is 9.36 Å². The lowest BCUT2D eigenvalue weighted by atomic mass is 10.1. The van der Waals surface area contributed by atoms with E-state index in [1.165, 1.54) is 30.9 Å². The molecule has 1 heterocycles. The topological polar surface area (TPSA) is 109 Å². The molecule has 0 aliphatic rings. The van der Waals surface area contributed by atoms with Gasteiger partial charge in [-0.15, -0.1) is 0 Å². The molecular formula is C26H24N2O7. The predicted octanol–water partition coefficient (Wildman–Crippen LogP) is 4.11. The van der Waals surface area contributed by atoms with E-state index in [1.807, 2.05) is 6.07 Å². The molecule has 180 valence electrons. The van der Waals surface area contributed by atoms with E-state index in [9.17, 15) is 14.4 Å². The normalized spacial score (nSPS) is 10.7. The first kappa shape index (κ1) is 23.6. The van der Waals surface area contributed by atoms with E-state index in [0.29, 0.717) is 41.1 Å². The Kier molecular flexibility index (Phi) is 7.15. The largest absolute Gasteiger partial charge is 0.493 e. The molecule has 1 aromatic heterocycles. The van der Waals surface area contributed by atoms with Gasteiger partial charge >= 0.3 is 11.7 Å². The van der Waals surface area contributed by atoms with E-state index in [0.717, 1.165) is 0 Å². The smallest absolute Gasteiger partial charge is 0.419 e. The Balaban J connectivity index is 1.49. The second kappa shape index (κ2) is 10.6. The number of ether oxygens (including phenoxy) is 3. The zero-order valence-corrected chi connectivity index (χ0v) is 19.3. The van der Waals surface area contributed by atoms with Gasteiger partial charge in [0.1, 0.15) is 0 Å². The molecule has 0 spiro atoms. The Labute approximate surface area is 200 Å². The highest BCUT2D eigenvalue weighted by molar-refractivity contribution is 6.08. The summed E-state index contributed by atoms with van der Waals surface area (Å²) in [6.07, 6.45) is 0.383. The number of para-hydroxylation sites is 2. The first-order chi connectivity index (χ1) is 17.0. The number of fused-ring (bicyclic) bond motifs is 1. The van der Waals surface area contributed by atoms with Gasteiger partial charge in [0.05, 0.1) is 37.6 Å². The van der Waals surface area contributed by atoms with Crippen LogP contribution in [0.2, 0.25) is 0 Å². The van der Waals surface area contributed by atoms with Gasteiger partial charge in [-0.25, -0.2) is 9.59 Å². The molecule has 0 radical (unpaired) electrons. The molecule has 0 atom stereocenters. The molecule has 35 heavy (non-hydrogen) atoms. The van der Waals surface area contributed by atoms with Crippen molar-refractivity contribution in [2.24, 2.45) is 0 Å². The van der Waals surface area contributed by atoms with Crippen molar-refractivity contribution in [1.29, 1.82) is 0 Å². The Morgan fingerprint density at radius 2 is 1.63 bits per heavy atom. The maximum atomic E-state index is 12.9. The van der Waals surface area contributed by atoms with Crippen LogP contribution in [0.3, 0.4) is 0 Å². The molecule has 1 N–H and O–H groups in total. The first-order valence-corrected chi connectivity index (χ1v) is 10.9. The Bertz CT molecular complexity index is 1410. The number of nitrogens with zero attached hydrogens (tertiary/aromatic N) is 1. The number of methoxy groups -OCH3 is 2. The fourth-order valence-corrected chi connectivity index (χ4v) is 3.63. The lowest BCUT2D eigenvalue weighted by Gasteiger charge is -2.15. The van der Waals surface area contributed by atoms with Crippen molar-refractivity contribution < 1.29 is 28.2 Å². The Hall–Kier alpha value is -4.53. The number of esters is 1. The molecule has 9 heteroatoms. The minimum absolute atomic E-state index is 0.0468. The van der Waals surface area contributed by atoms with Crippen molar-refractivity contribution in [3.8, 4) is 11.5 Å². The molecule has 0 bridgehead atoms. The van der Waals surface area contributed by atoms with Crippen LogP contribution in [-0.2, 0) is 11.3 Å². The number of rotatable bonds is 9. The molecule has 4 aromatic rings. The molecular weight excluding hydrogens is 452 g/mol. The number of aromatic nitrogens is 1. The number of aryl methyl sites for hydroxylation is 1. The second-order valence-corrected chi connectivity index (χ2v) is 7.55. The summed E-state index contributed by atoms with van der Waals surface area (Å²) in [5.74, 6) is -0.854. The summed E-state index contributed by atoms with van der Waals surface area (Å²) in [5, 5.41) is 2.74. The highest BCUT2D eigenvalue weighted by atomic mass is 16.5. The van der Waals surface area contributed by atoms with Crippen molar-refractivity contribution in [2.45, 2.75) is 13.0 Å². The van der Waals surface area contributed by atoms with Gasteiger partial charge in [0.25, 0.3) is 5.91 Å². The van der Waals surface area contributed by atoms with Crippen LogP contribution in [0.4, 0.5) is 5.69 Å². The number of benzene rings is 3. The average molecular weight is 476 g/mol. The average Bonchev–Trinajstić information content (AvgIpc) is 3.21. The highest BCUT2D eigenvalue weighted by Gasteiger charge is 2.20. The highest BCUT2D eigenvalue weighted by Crippen LogP contribution is 2.34. The third kappa shape index (κ3) is 5.19. The minimum Gasteiger partial charge on any atom is -0.493 e. The molecule has 0 aliphatic carbocycles. The molecule has 0 saturated carbocycles. The van der Waals surface area contributed by atoms with E-state index in [2.05, 4.69) is 5.32 Å². The van der Waals surface area contributed by atoms with Gasteiger partial charge in [-0.2, -0.15) is 0 Å². The van der Waals surface area contributed by atoms with Crippen LogP contribution in [0.25, 0.3) is 11.1 Å². The number of hydrogen-bond donors (Lipinski definition) is 1. The van der Waals surface area contributed by atoms with Crippen molar-refractivity contribution in [1.82, 2.24) is 4.57 Å². The quantitative estimate of drug-likeness (QED) is 0.286. The van der Waals surface area contributed by atoms with Gasteiger partial charge in [0.15, 0.2) is 17.1 Å². The summed E-state index contributed by atoms with van der Waals surface area (Å²) < 4.78 is 22.8. The van der Waals surface area contributed by atoms with Crippen LogP contribution in [0.15, 0.2) is 75.9 Å². The number of nitrogens with one attached hydrogen (secondary N) is 1. The monoisotopic (exact) mass is 476 g/mol. The lowest BCUT2D eigenvalue weighted by molar-refractivity contribution is 0.0496. The standard InChI is InChI=1S/C26H24N2O7/c1-32-22-15-18(19(16-23(22)33-2)27-24(29)17-9-4-3-5-10-17)25(30)34-14-8-13-28-20-11-6-7-12-21(20)35-26(28)31/h3-7,9-12,15-16H,8,13-14H2,1-2H3,(H,27,29). The van der Waals surface area contributed by atoms with E-state index in [-0.39, 0.29) is 17.9 Å². The minimum atomic E-state index is -0.654. The molecule has 3 aromatic carbocycles. The summed E-state index contributed by atoms with van der Waals surface area (Å²) in [6, 6.07) is 18.7. The zero-order chi connectivity index (χ0) is 24.8. The molecule has 1 amide bonds. The zero-order valence-electron chi connectivity index (χ0n) is 19.3. The Morgan fingerprint density at radius 1 is 0.943 bits per heavy atom. The SMILES string of the molecule is COc1cc(NC(=O)c2ccccc2)c(C(=O)OCCCn2c(=O)oc3ccccc32)cc1OC. The maximum absolute atomic E-state index is 12.9. The van der Waals surface area contributed by atoms with Crippen molar-refractivity contribution in [3.05, 3.63) is 88.4 Å². The molecule has 0 saturated heterocycles. The fourth-order valence-electron chi connectivity index (χ4n) is 3.63. The van der Waals surface area contributed by atoms with Crippen LogP contribution < -0.4 is 20.5 Å². The third-order valence-corrected chi connectivity index (χ3v) is 5.36. The van der Waals surface area contributed by atoms with Crippen molar-refractivity contribution in [3.63, 3.8) is 0 Å². The summed E-state index contributed by atoms with van der Waals surface area (Å²) in [5.41, 5.74) is 1.93. The number of carbonyl (C=O) groups is 2. The van der Waals surface area contributed by atoms with Crippen LogP contribution >= 0.6 is 0 Å². The number of hydrogen-bond acceptors (Lipinski definition) is 7. The Morgan fingerprint density at radius 3 is 2.37 bits per heavy atom. The maximum Gasteiger partial charge on any atom is 0.419 e. The van der Waals surface area contributed by atoms with E-state index in [1.54, 1.807) is 48.5 Å². The van der Waals surface area contributed by atoms with Crippen molar-refractivity contribution in [2.75, 3.05) is 26.1 Å². The molecule has 0 fully saturated rings. The third-order valence-electron chi connectivity index (χ3n) is 5.36. The van der Waals surface area contributed by atoms with Crippen LogP contribution in [-0.4, -0.2) is 37.3 Å². The van der Waals surface area contributed by atoms with Crippen LogP contribution in [0.1, 0.15) is 27.1 Å². The first-order valence-electron chi connectivity index (χ1n) is 10.9. The van der Waals surface area contributed by atoms with Gasteiger partial charge in [0.2, 0.25) is 0 Å². The second-order valence-electron chi connectivity index (χ2n) is 7.55. The van der Waals surface area contributed by atoms with E-state index in [4.69, 9.17) is 18.6 Å². The van der Waals surface area contributed by atoms with Gasteiger partial charge < -0.3 is 23.9 Å². The number of anilines is 1. The summed E-state index contributed by atoms with van der Waals surface area (Å²) in [6.45, 7) is 0.359. The van der Waals surface area contributed by atoms with E-state index < -0.39 is 17.6 Å². The number of carbonyl (C=O) groups excluding carboxylic acids is 2. The van der Waals surface area contributed by atoms with Gasteiger partial charge in [-0.1, -0.05) is 30.3 Å². The molecule has 0 aliphatic heterocycles. The number of amides is 1. The summed E-state index contributed by atoms with van der Waals surface area (Å²) >= 11 is 0. The fraction of sp³-hybridized carbons (Fsp3) is 0.192. The van der Waals surface area contributed by atoms with Crippen molar-refractivity contribution >= 4 is 28.7 Å². The van der Waals surface area contributed by atoms with Gasteiger partial charge in [-0.05, 0) is 30.7 Å². The molecule has 0 unspecified atom stereocenters. The molecule has 9 nitrogen and oxygen atoms in total. The lowest BCUT2D eigenvalue weighted by Crippen LogP contribution is -2.18.